The van der Waals surface area contributed by atoms with Gasteiger partial charge in [0.2, 0.25) is 17.7 Å². The number of likely N-dealkylation sites (tertiary alicyclic amines) is 1. The molecule has 1 N–H and O–H groups in total. The summed E-state index contributed by atoms with van der Waals surface area (Å²) in [5.74, 6) is -1.77. The maximum atomic E-state index is 14.0. The van der Waals surface area contributed by atoms with Gasteiger partial charge in [-0.25, -0.2) is 0 Å². The summed E-state index contributed by atoms with van der Waals surface area (Å²) in [6.45, 7) is 14.6. The number of carbonyl (C=O) groups excluding carboxylic acids is 3. The Kier molecular flexibility index (Phi) is 7.92. The first-order chi connectivity index (χ1) is 16.1. The van der Waals surface area contributed by atoms with Crippen LogP contribution in [0.3, 0.4) is 0 Å². The molecule has 0 aliphatic carbocycles. The number of amides is 3. The van der Waals surface area contributed by atoms with Crippen molar-refractivity contribution in [3.8, 4) is 0 Å². The number of hydrogen-bond donors (Lipinski definition) is 1. The van der Waals surface area contributed by atoms with E-state index in [0.29, 0.717) is 45.3 Å². The van der Waals surface area contributed by atoms with Crippen LogP contribution in [-0.2, 0) is 19.1 Å². The van der Waals surface area contributed by atoms with Gasteiger partial charge in [0.1, 0.15) is 11.6 Å². The number of carbonyl (C=O) groups is 3. The van der Waals surface area contributed by atoms with Gasteiger partial charge in [0.25, 0.3) is 0 Å². The summed E-state index contributed by atoms with van der Waals surface area (Å²) in [6.07, 6.45) is 6.62. The van der Waals surface area contributed by atoms with Crippen LogP contribution in [0.4, 0.5) is 0 Å². The third-order valence-electron chi connectivity index (χ3n) is 7.85. The Bertz CT molecular complexity index is 829. The van der Waals surface area contributed by atoms with Gasteiger partial charge in [-0.3, -0.25) is 14.4 Å². The highest BCUT2D eigenvalue weighted by atomic mass is 16.5. The minimum atomic E-state index is -1.01. The Hall–Kier alpha value is -2.19. The van der Waals surface area contributed by atoms with Crippen LogP contribution in [0.2, 0.25) is 0 Å². The molecule has 3 heterocycles. The summed E-state index contributed by atoms with van der Waals surface area (Å²) in [5.41, 5.74) is -1.79. The minimum Gasteiger partial charge on any atom is -0.396 e. The van der Waals surface area contributed by atoms with Gasteiger partial charge in [-0.05, 0) is 52.9 Å². The molecule has 34 heavy (non-hydrogen) atoms. The predicted molar refractivity (Wildman–Crippen MR) is 130 cm³/mol. The highest BCUT2D eigenvalue weighted by Gasteiger charge is 2.78. The van der Waals surface area contributed by atoms with Crippen molar-refractivity contribution in [2.24, 2.45) is 11.8 Å². The fraction of sp³-hybridized carbons (Fsp3) is 0.731. The van der Waals surface area contributed by atoms with Crippen molar-refractivity contribution in [1.82, 2.24) is 14.7 Å². The number of ether oxygens (including phenoxy) is 1. The van der Waals surface area contributed by atoms with Crippen molar-refractivity contribution in [2.75, 3.05) is 33.3 Å². The van der Waals surface area contributed by atoms with E-state index in [2.05, 4.69) is 13.2 Å². The number of fused-ring (bicyclic) bond motifs is 1. The predicted octanol–water partition coefficient (Wildman–Crippen LogP) is 1.98. The first-order valence-electron chi connectivity index (χ1n) is 12.5. The fourth-order valence-corrected chi connectivity index (χ4v) is 6.26. The third-order valence-corrected chi connectivity index (χ3v) is 7.85. The standard InChI is InChI=1S/C26H41N3O5/c1-7-14-27(6)22(31)19-20-23(32)29(16-10-9-11-17-30)21(24(33)28(15-8-2)18(3)4)26(20)13-12-25(19,5)34-26/h7-8,18-21,30H,1-2,9-17H2,3-6H3/t19-,20-,21?,25+,26?/m0/s1. The quantitative estimate of drug-likeness (QED) is 0.344. The van der Waals surface area contributed by atoms with Crippen LogP contribution in [-0.4, -0.2) is 94.1 Å². The van der Waals surface area contributed by atoms with E-state index < -0.39 is 29.1 Å². The molecule has 3 aliphatic heterocycles. The number of nitrogens with zero attached hydrogens (tertiary/aromatic N) is 3. The van der Waals surface area contributed by atoms with Crippen LogP contribution < -0.4 is 0 Å². The van der Waals surface area contributed by atoms with E-state index in [1.807, 2.05) is 20.8 Å². The summed E-state index contributed by atoms with van der Waals surface area (Å²) < 4.78 is 6.65. The van der Waals surface area contributed by atoms with Crippen molar-refractivity contribution < 1.29 is 24.2 Å². The Balaban J connectivity index is 2.03. The van der Waals surface area contributed by atoms with E-state index in [-0.39, 0.29) is 30.4 Å². The number of unbranched alkanes of at least 4 members (excludes halogenated alkanes) is 2. The first kappa shape index (κ1) is 26.4. The largest absolute Gasteiger partial charge is 0.396 e. The fourth-order valence-electron chi connectivity index (χ4n) is 6.26. The second-order valence-corrected chi connectivity index (χ2v) is 10.4. The summed E-state index contributed by atoms with van der Waals surface area (Å²) in [7, 11) is 1.71. The molecule has 2 unspecified atom stereocenters. The Morgan fingerprint density at radius 3 is 2.44 bits per heavy atom. The average Bonchev–Trinajstić information content (AvgIpc) is 3.35. The van der Waals surface area contributed by atoms with Gasteiger partial charge in [-0.1, -0.05) is 12.2 Å². The van der Waals surface area contributed by atoms with E-state index in [0.717, 1.165) is 6.42 Å². The third kappa shape index (κ3) is 4.19. The van der Waals surface area contributed by atoms with Crippen molar-refractivity contribution in [2.45, 2.75) is 76.2 Å². The zero-order valence-corrected chi connectivity index (χ0v) is 21.2. The topological polar surface area (TPSA) is 90.4 Å². The van der Waals surface area contributed by atoms with Crippen LogP contribution in [0.25, 0.3) is 0 Å². The molecule has 0 aromatic heterocycles. The van der Waals surface area contributed by atoms with Crippen LogP contribution in [0.1, 0.15) is 52.9 Å². The molecular formula is C26H41N3O5. The molecule has 0 aromatic rings. The highest BCUT2D eigenvalue weighted by molar-refractivity contribution is 5.99. The van der Waals surface area contributed by atoms with Crippen LogP contribution in [0, 0.1) is 11.8 Å². The first-order valence-corrected chi connectivity index (χ1v) is 12.5. The van der Waals surface area contributed by atoms with E-state index in [4.69, 9.17) is 9.84 Å². The number of aliphatic hydroxyl groups is 1. The van der Waals surface area contributed by atoms with Gasteiger partial charge in [-0.15, -0.1) is 13.2 Å². The lowest BCUT2D eigenvalue weighted by atomic mass is 9.66. The number of likely N-dealkylation sites (N-methyl/N-ethyl adjacent to an activating group) is 1. The molecule has 3 rings (SSSR count). The molecule has 3 amide bonds. The Morgan fingerprint density at radius 2 is 1.85 bits per heavy atom. The Morgan fingerprint density at radius 1 is 1.18 bits per heavy atom. The van der Waals surface area contributed by atoms with Crippen LogP contribution >= 0.6 is 0 Å². The van der Waals surface area contributed by atoms with Gasteiger partial charge in [0.05, 0.1) is 17.4 Å². The molecule has 8 nitrogen and oxygen atoms in total. The van der Waals surface area contributed by atoms with Gasteiger partial charge in [-0.2, -0.15) is 0 Å². The molecule has 1 spiro atoms. The highest BCUT2D eigenvalue weighted by Crippen LogP contribution is 2.63. The van der Waals surface area contributed by atoms with Crippen molar-refractivity contribution >= 4 is 17.7 Å². The number of rotatable bonds is 12. The number of hydrogen-bond acceptors (Lipinski definition) is 5. The minimum absolute atomic E-state index is 0.0716. The summed E-state index contributed by atoms with van der Waals surface area (Å²) >= 11 is 0. The van der Waals surface area contributed by atoms with E-state index >= 15 is 0 Å². The average molecular weight is 476 g/mol. The molecular weight excluding hydrogens is 434 g/mol. The normalized spacial score (nSPS) is 31.6. The van der Waals surface area contributed by atoms with Crippen molar-refractivity contribution in [3.05, 3.63) is 25.3 Å². The second-order valence-electron chi connectivity index (χ2n) is 10.4. The molecule has 3 fully saturated rings. The zero-order valence-electron chi connectivity index (χ0n) is 21.2. The summed E-state index contributed by atoms with van der Waals surface area (Å²) in [4.78, 5) is 46.5. The lowest BCUT2D eigenvalue weighted by Crippen LogP contribution is -2.57. The van der Waals surface area contributed by atoms with Gasteiger partial charge in [0.15, 0.2) is 0 Å². The van der Waals surface area contributed by atoms with Crippen molar-refractivity contribution in [1.29, 1.82) is 0 Å². The molecule has 5 atom stereocenters. The monoisotopic (exact) mass is 475 g/mol. The maximum Gasteiger partial charge on any atom is 0.248 e. The summed E-state index contributed by atoms with van der Waals surface area (Å²) in [6, 6.07) is -0.844. The van der Waals surface area contributed by atoms with Gasteiger partial charge >= 0.3 is 0 Å². The van der Waals surface area contributed by atoms with Gasteiger partial charge < -0.3 is 24.5 Å². The zero-order chi connectivity index (χ0) is 25.3. The molecule has 2 bridgehead atoms. The molecule has 8 heteroatoms. The molecule has 3 saturated heterocycles. The van der Waals surface area contributed by atoms with E-state index in [1.54, 1.807) is 33.9 Å². The van der Waals surface area contributed by atoms with Gasteiger partial charge in [0, 0.05) is 39.3 Å². The lowest BCUT2D eigenvalue weighted by molar-refractivity contribution is -0.154. The second kappa shape index (κ2) is 10.2. The lowest BCUT2D eigenvalue weighted by Gasteiger charge is -2.38. The molecule has 190 valence electrons. The van der Waals surface area contributed by atoms with E-state index in [9.17, 15) is 14.4 Å². The molecule has 0 saturated carbocycles. The van der Waals surface area contributed by atoms with Crippen molar-refractivity contribution in [3.63, 3.8) is 0 Å². The number of aliphatic hydroxyl groups excluding tert-OH is 1. The van der Waals surface area contributed by atoms with Crippen LogP contribution in [0.5, 0.6) is 0 Å². The maximum absolute atomic E-state index is 14.0. The SMILES string of the molecule is C=CCN(C)C(=O)[C@@H]1[C@H]2C(=O)N(CCCCCO)C(C(=O)N(CC=C)C(C)C)C23CC[C@@]1(C)O3. The smallest absolute Gasteiger partial charge is 0.248 e. The summed E-state index contributed by atoms with van der Waals surface area (Å²) in [5, 5.41) is 9.16. The van der Waals surface area contributed by atoms with Crippen LogP contribution in [0.15, 0.2) is 25.3 Å². The van der Waals surface area contributed by atoms with E-state index in [1.165, 1.54) is 0 Å². The molecule has 0 radical (unpaired) electrons. The molecule has 3 aliphatic rings. The molecule has 0 aromatic carbocycles. The Labute approximate surface area is 203 Å².